The van der Waals surface area contributed by atoms with E-state index in [1.54, 1.807) is 22.8 Å². The molecule has 1 fully saturated rings. The Morgan fingerprint density at radius 3 is 2.40 bits per heavy atom. The second-order valence-corrected chi connectivity index (χ2v) is 8.44. The number of aromatic nitrogens is 2. The number of aryl methyl sites for hydroxylation is 1. The average molecular weight is 420 g/mol. The number of amides is 2. The predicted molar refractivity (Wildman–Crippen MR) is 117 cm³/mol. The van der Waals surface area contributed by atoms with Crippen molar-refractivity contribution in [2.75, 3.05) is 22.1 Å². The molecule has 1 atom stereocenters. The second kappa shape index (κ2) is 6.63. The molecule has 0 radical (unpaired) electrons. The zero-order valence-electron chi connectivity index (χ0n) is 16.6. The molecule has 3 aromatic rings. The number of carbonyl (C=O) groups excluding carboxylic acids is 2. The van der Waals surface area contributed by atoms with E-state index in [0.717, 1.165) is 11.3 Å². The normalized spacial score (nSPS) is 20.5. The lowest BCUT2D eigenvalue weighted by Gasteiger charge is -2.31. The van der Waals surface area contributed by atoms with Crippen LogP contribution in [0.5, 0.6) is 0 Å². The minimum absolute atomic E-state index is 0.136. The van der Waals surface area contributed by atoms with Gasteiger partial charge >= 0.3 is 0 Å². The molecule has 2 aliphatic heterocycles. The lowest BCUT2D eigenvalue weighted by molar-refractivity contribution is -0.123. The zero-order valence-corrected chi connectivity index (χ0v) is 17.4. The van der Waals surface area contributed by atoms with Gasteiger partial charge in [-0.3, -0.25) is 24.0 Å². The van der Waals surface area contributed by atoms with E-state index in [0.29, 0.717) is 12.2 Å². The predicted octanol–water partition coefficient (Wildman–Crippen LogP) is 2.48. The summed E-state index contributed by atoms with van der Waals surface area (Å²) in [5.41, 5.74) is 2.10. The highest BCUT2D eigenvalue weighted by Gasteiger charge is 2.61. The number of thioether (sulfide) groups is 1. The SMILES string of the molecule is CCN1C(=O)C2(SCC(=O)N2c2cn(C)n(-c3ccccc3)c2=O)c2ccccc21. The zero-order chi connectivity index (χ0) is 21.0. The third-order valence-corrected chi connectivity index (χ3v) is 7.04. The Bertz CT molecular complexity index is 1230. The van der Waals surface area contributed by atoms with Crippen LogP contribution in [0.1, 0.15) is 12.5 Å². The van der Waals surface area contributed by atoms with Gasteiger partial charge in [-0.1, -0.05) is 36.4 Å². The first kappa shape index (κ1) is 18.7. The van der Waals surface area contributed by atoms with Crippen LogP contribution in [0.4, 0.5) is 11.4 Å². The van der Waals surface area contributed by atoms with Crippen molar-refractivity contribution in [3.63, 3.8) is 0 Å². The molecule has 7 nitrogen and oxygen atoms in total. The fourth-order valence-electron chi connectivity index (χ4n) is 4.41. The molecule has 2 amide bonds. The lowest BCUT2D eigenvalue weighted by atomic mass is 10.1. The number of carbonyl (C=O) groups is 2. The van der Waals surface area contributed by atoms with Crippen molar-refractivity contribution < 1.29 is 9.59 Å². The molecular formula is C22H20N4O3S. The number of hydrogen-bond donors (Lipinski definition) is 0. The minimum atomic E-state index is -1.25. The van der Waals surface area contributed by atoms with E-state index in [4.69, 9.17) is 0 Å². The highest BCUT2D eigenvalue weighted by molar-refractivity contribution is 8.02. The lowest BCUT2D eigenvalue weighted by Crippen LogP contribution is -2.51. The summed E-state index contributed by atoms with van der Waals surface area (Å²) >= 11 is 1.28. The van der Waals surface area contributed by atoms with E-state index in [1.165, 1.54) is 21.3 Å². The molecule has 3 heterocycles. The fourth-order valence-corrected chi connectivity index (χ4v) is 5.76. The number of rotatable bonds is 3. The van der Waals surface area contributed by atoms with E-state index in [-0.39, 0.29) is 28.8 Å². The van der Waals surface area contributed by atoms with Crippen LogP contribution >= 0.6 is 11.8 Å². The Balaban J connectivity index is 1.74. The minimum Gasteiger partial charge on any atom is -0.309 e. The van der Waals surface area contributed by atoms with Crippen LogP contribution in [-0.2, 0) is 21.5 Å². The van der Waals surface area contributed by atoms with E-state index in [1.807, 2.05) is 61.5 Å². The molecule has 8 heteroatoms. The van der Waals surface area contributed by atoms with E-state index in [2.05, 4.69) is 0 Å². The van der Waals surface area contributed by atoms with Gasteiger partial charge in [-0.25, -0.2) is 4.68 Å². The van der Waals surface area contributed by atoms with Gasteiger partial charge in [-0.05, 0) is 25.1 Å². The smallest absolute Gasteiger partial charge is 0.295 e. The molecule has 5 rings (SSSR count). The summed E-state index contributed by atoms with van der Waals surface area (Å²) in [6, 6.07) is 16.7. The van der Waals surface area contributed by atoms with Gasteiger partial charge in [0.05, 0.1) is 23.3 Å². The number of likely N-dealkylation sites (N-methyl/N-ethyl adjacent to an activating group) is 1. The average Bonchev–Trinajstić information content (AvgIpc) is 3.33. The maximum absolute atomic E-state index is 13.6. The standard InChI is InChI=1S/C22H20N4O3S/c1-3-24-17-12-8-7-11-16(17)22(21(24)29)25(19(27)14-30-22)18-13-23(2)26(20(18)28)15-9-5-4-6-10-15/h4-13H,3,14H2,1-2H3. The molecule has 1 unspecified atom stereocenters. The molecule has 1 saturated heterocycles. The first-order valence-corrected chi connectivity index (χ1v) is 10.7. The van der Waals surface area contributed by atoms with Crippen molar-refractivity contribution in [1.29, 1.82) is 0 Å². The molecule has 30 heavy (non-hydrogen) atoms. The van der Waals surface area contributed by atoms with Crippen LogP contribution in [0, 0.1) is 0 Å². The number of fused-ring (bicyclic) bond motifs is 2. The summed E-state index contributed by atoms with van der Waals surface area (Å²) in [5.74, 6) is -0.294. The molecule has 1 aromatic heterocycles. The third kappa shape index (κ3) is 2.31. The summed E-state index contributed by atoms with van der Waals surface area (Å²) in [4.78, 5) is 42.0. The Kier molecular flexibility index (Phi) is 4.14. The maximum Gasteiger partial charge on any atom is 0.295 e. The topological polar surface area (TPSA) is 67.6 Å². The van der Waals surface area contributed by atoms with Gasteiger partial charge in [0.15, 0.2) is 0 Å². The van der Waals surface area contributed by atoms with Gasteiger partial charge < -0.3 is 4.90 Å². The Morgan fingerprint density at radius 1 is 0.967 bits per heavy atom. The van der Waals surface area contributed by atoms with Crippen molar-refractivity contribution in [3.8, 4) is 5.69 Å². The van der Waals surface area contributed by atoms with Crippen LogP contribution in [0.3, 0.4) is 0 Å². The van der Waals surface area contributed by atoms with Gasteiger partial charge in [-0.15, -0.1) is 11.8 Å². The summed E-state index contributed by atoms with van der Waals surface area (Å²) in [5, 5.41) is 0. The fraction of sp³-hybridized carbons (Fsp3) is 0.227. The van der Waals surface area contributed by atoms with Crippen LogP contribution in [-0.4, -0.2) is 33.5 Å². The molecule has 0 saturated carbocycles. The largest absolute Gasteiger partial charge is 0.309 e. The van der Waals surface area contributed by atoms with Gasteiger partial charge in [0.1, 0.15) is 5.69 Å². The first-order chi connectivity index (χ1) is 14.5. The molecule has 0 bridgehead atoms. The molecule has 152 valence electrons. The van der Waals surface area contributed by atoms with Crippen LogP contribution in [0.2, 0.25) is 0 Å². The number of benzene rings is 2. The molecular weight excluding hydrogens is 400 g/mol. The van der Waals surface area contributed by atoms with Crippen LogP contribution in [0.25, 0.3) is 5.69 Å². The van der Waals surface area contributed by atoms with Crippen molar-refractivity contribution in [3.05, 3.63) is 76.7 Å². The summed E-state index contributed by atoms with van der Waals surface area (Å²) in [6.07, 6.45) is 1.63. The summed E-state index contributed by atoms with van der Waals surface area (Å²) in [7, 11) is 1.75. The number of para-hydroxylation sites is 2. The summed E-state index contributed by atoms with van der Waals surface area (Å²) < 4.78 is 3.15. The van der Waals surface area contributed by atoms with Gasteiger partial charge in [0.25, 0.3) is 11.5 Å². The van der Waals surface area contributed by atoms with Gasteiger partial charge in [0, 0.05) is 19.2 Å². The quantitative estimate of drug-likeness (QED) is 0.653. The van der Waals surface area contributed by atoms with E-state index < -0.39 is 4.87 Å². The summed E-state index contributed by atoms with van der Waals surface area (Å²) in [6.45, 7) is 2.40. The number of anilines is 2. The van der Waals surface area contributed by atoms with Crippen LogP contribution < -0.4 is 15.4 Å². The molecule has 0 N–H and O–H groups in total. The molecule has 2 aliphatic rings. The van der Waals surface area contributed by atoms with Crippen molar-refractivity contribution in [1.82, 2.24) is 9.36 Å². The Morgan fingerprint density at radius 2 is 1.67 bits per heavy atom. The molecule has 1 spiro atoms. The van der Waals surface area contributed by atoms with Gasteiger partial charge in [0.2, 0.25) is 10.8 Å². The second-order valence-electron chi connectivity index (χ2n) is 7.27. The highest BCUT2D eigenvalue weighted by Crippen LogP contribution is 2.55. The maximum atomic E-state index is 13.6. The monoisotopic (exact) mass is 420 g/mol. The van der Waals surface area contributed by atoms with Crippen molar-refractivity contribution >= 4 is 35.0 Å². The third-order valence-electron chi connectivity index (χ3n) is 5.66. The van der Waals surface area contributed by atoms with E-state index in [9.17, 15) is 14.4 Å². The Hall–Kier alpha value is -3.26. The van der Waals surface area contributed by atoms with Crippen LogP contribution in [0.15, 0.2) is 65.6 Å². The molecule has 0 aliphatic carbocycles. The number of nitrogens with zero attached hydrogens (tertiary/aromatic N) is 4. The number of hydrogen-bond acceptors (Lipinski definition) is 4. The first-order valence-electron chi connectivity index (χ1n) is 9.73. The van der Waals surface area contributed by atoms with E-state index >= 15 is 0 Å². The van der Waals surface area contributed by atoms with Gasteiger partial charge in [-0.2, -0.15) is 0 Å². The highest BCUT2D eigenvalue weighted by atomic mass is 32.2. The Labute approximate surface area is 177 Å². The van der Waals surface area contributed by atoms with Crippen molar-refractivity contribution in [2.24, 2.45) is 7.05 Å². The van der Waals surface area contributed by atoms with Crippen molar-refractivity contribution in [2.45, 2.75) is 11.8 Å². The molecule has 2 aromatic carbocycles.